The van der Waals surface area contributed by atoms with Crippen LogP contribution in [0.5, 0.6) is 0 Å². The van der Waals surface area contributed by atoms with Gasteiger partial charge in [-0.3, -0.25) is 31.4 Å². The van der Waals surface area contributed by atoms with Crippen molar-refractivity contribution in [2.75, 3.05) is 13.6 Å². The van der Waals surface area contributed by atoms with Crippen LogP contribution in [-0.2, 0) is 23.9 Å². The maximum absolute atomic E-state index is 14.0. The molecule has 0 amide bonds. The first kappa shape index (κ1) is 29.2. The molecule has 3 aliphatic carbocycles. The number of rotatable bonds is 8. The molecule has 0 radical (unpaired) electrons. The molecule has 0 aromatic rings. The monoisotopic (exact) mass is 559 g/mol. The van der Waals surface area contributed by atoms with Crippen LogP contribution in [0.3, 0.4) is 0 Å². The van der Waals surface area contributed by atoms with E-state index in [1.54, 1.807) is 7.05 Å². The van der Waals surface area contributed by atoms with Gasteiger partial charge in [-0.25, -0.2) is 4.79 Å². The number of hydrogen-bond donors (Lipinski definition) is 5. The van der Waals surface area contributed by atoms with Crippen LogP contribution < -0.4 is 27.1 Å². The standard InChI is InChI=1S/C30H47N5O5/c1-18(16-23(35-28(32)33-2)19-13-15-34-24(31)17-19)12-14-29-25(36)21-10-6-7-11-22(21)26(37)30(29,40-29)27(38)39-20-8-4-3-5-9-20/h12,19-24,34H,3-11,13-17,31H2,1-2H3,(H3,32,33,35)/p+2. The predicted molar refractivity (Wildman–Crippen MR) is 148 cm³/mol. The number of nitrogens with one attached hydrogen (secondary N) is 2. The van der Waals surface area contributed by atoms with Gasteiger partial charge in [0.25, 0.3) is 5.60 Å². The minimum Gasteiger partial charge on any atom is -0.460 e. The molecule has 10 nitrogen and oxygen atoms in total. The van der Waals surface area contributed by atoms with Crippen LogP contribution >= 0.6 is 0 Å². The number of fused-ring (bicyclic) bond motifs is 2. The molecule has 222 valence electrons. The summed E-state index contributed by atoms with van der Waals surface area (Å²) in [6.07, 6.45) is 12.5. The molecule has 5 aliphatic rings. The summed E-state index contributed by atoms with van der Waals surface area (Å²) in [5.74, 6) is -0.919. The number of carbonyl (C=O) groups is 3. The van der Waals surface area contributed by atoms with Crippen molar-refractivity contribution in [1.82, 2.24) is 5.32 Å². The molecule has 7 unspecified atom stereocenters. The molecule has 5 fully saturated rings. The summed E-state index contributed by atoms with van der Waals surface area (Å²) in [6, 6.07) is 0.0634. The van der Waals surface area contributed by atoms with Crippen molar-refractivity contribution < 1.29 is 34.2 Å². The Balaban J connectivity index is 1.37. The quantitative estimate of drug-likeness (QED) is 0.0650. The smallest absolute Gasteiger partial charge is 0.350 e. The molecule has 2 saturated heterocycles. The SMILES string of the molecule is C[NH+]=C(N)NC(CC(C)=CCC12OC1(C(=O)OC1CCCCC1)C(=O)C1CCCCC1C2=O)C1CC[NH2+]C(N)C1. The lowest BCUT2D eigenvalue weighted by molar-refractivity contribution is -0.699. The molecule has 7 atom stereocenters. The molecule has 0 spiro atoms. The van der Waals surface area contributed by atoms with Gasteiger partial charge in [0.05, 0.1) is 19.6 Å². The van der Waals surface area contributed by atoms with Gasteiger partial charge in [-0.05, 0) is 45.4 Å². The highest BCUT2D eigenvalue weighted by molar-refractivity contribution is 6.23. The maximum atomic E-state index is 14.0. The zero-order valence-corrected chi connectivity index (χ0v) is 24.2. The number of epoxide rings is 1. The van der Waals surface area contributed by atoms with Crippen molar-refractivity contribution in [2.45, 2.75) is 120 Å². The van der Waals surface area contributed by atoms with Crippen molar-refractivity contribution in [3.63, 3.8) is 0 Å². The molecule has 40 heavy (non-hydrogen) atoms. The van der Waals surface area contributed by atoms with Gasteiger partial charge in [0.1, 0.15) is 12.3 Å². The largest absolute Gasteiger partial charge is 0.460 e. The lowest BCUT2D eigenvalue weighted by atomic mass is 9.61. The Hall–Kier alpha value is -2.30. The number of hydrogen-bond acceptors (Lipinski definition) is 6. The highest BCUT2D eigenvalue weighted by atomic mass is 16.7. The molecule has 3 saturated carbocycles. The van der Waals surface area contributed by atoms with Gasteiger partial charge in [0, 0.05) is 43.4 Å². The van der Waals surface area contributed by atoms with E-state index in [2.05, 4.69) is 15.6 Å². The Labute approximate surface area is 237 Å². The molecule has 0 aromatic carbocycles. The van der Waals surface area contributed by atoms with E-state index in [1.165, 1.54) is 0 Å². The summed E-state index contributed by atoms with van der Waals surface area (Å²) in [4.78, 5) is 44.6. The minimum atomic E-state index is -1.79. The number of carbonyl (C=O) groups excluding carboxylic acids is 3. The Kier molecular flexibility index (Phi) is 8.69. The number of quaternary nitrogens is 1. The van der Waals surface area contributed by atoms with E-state index >= 15 is 0 Å². The molecule has 2 heterocycles. The molecule has 0 aromatic heterocycles. The zero-order valence-electron chi connectivity index (χ0n) is 24.2. The number of nitrogens with two attached hydrogens (primary N) is 3. The zero-order chi connectivity index (χ0) is 28.5. The first-order valence-electron chi connectivity index (χ1n) is 15.5. The summed E-state index contributed by atoms with van der Waals surface area (Å²) in [6.45, 7) is 2.99. The van der Waals surface area contributed by atoms with E-state index in [-0.39, 0.29) is 42.2 Å². The fourth-order valence-electron chi connectivity index (χ4n) is 7.85. The summed E-state index contributed by atoms with van der Waals surface area (Å²) in [5.41, 5.74) is 10.2. The van der Waals surface area contributed by atoms with Crippen molar-refractivity contribution in [3.8, 4) is 0 Å². The number of piperidine rings is 1. The average molecular weight is 560 g/mol. The lowest BCUT2D eigenvalue weighted by Gasteiger charge is -2.37. The topological polar surface area (TPSA) is 168 Å². The van der Waals surface area contributed by atoms with Crippen LogP contribution in [0.1, 0.15) is 90.4 Å². The van der Waals surface area contributed by atoms with Crippen molar-refractivity contribution in [2.24, 2.45) is 29.2 Å². The van der Waals surface area contributed by atoms with Gasteiger partial charge >= 0.3 is 11.9 Å². The second kappa shape index (κ2) is 11.9. The molecule has 2 aliphatic heterocycles. The van der Waals surface area contributed by atoms with Gasteiger partial charge in [0.15, 0.2) is 17.2 Å². The van der Waals surface area contributed by atoms with E-state index in [4.69, 9.17) is 20.9 Å². The van der Waals surface area contributed by atoms with Crippen LogP contribution in [0.25, 0.3) is 0 Å². The second-order valence-corrected chi connectivity index (χ2v) is 12.8. The third kappa shape index (κ3) is 5.34. The van der Waals surface area contributed by atoms with Crippen LogP contribution in [-0.4, -0.2) is 66.6 Å². The van der Waals surface area contributed by atoms with Gasteiger partial charge < -0.3 is 14.8 Å². The first-order valence-corrected chi connectivity index (χ1v) is 15.5. The van der Waals surface area contributed by atoms with Gasteiger partial charge in [-0.15, -0.1) is 0 Å². The summed E-state index contributed by atoms with van der Waals surface area (Å²) < 4.78 is 12.1. The van der Waals surface area contributed by atoms with Crippen LogP contribution in [0, 0.1) is 17.8 Å². The Bertz CT molecular complexity index is 1060. The van der Waals surface area contributed by atoms with Gasteiger partial charge in [-0.1, -0.05) is 30.9 Å². The Morgan fingerprint density at radius 2 is 1.80 bits per heavy atom. The van der Waals surface area contributed by atoms with E-state index < -0.39 is 23.1 Å². The van der Waals surface area contributed by atoms with E-state index in [0.29, 0.717) is 31.1 Å². The Morgan fingerprint density at radius 1 is 1.12 bits per heavy atom. The van der Waals surface area contributed by atoms with E-state index in [1.807, 2.05) is 13.0 Å². The van der Waals surface area contributed by atoms with Gasteiger partial charge in [0.2, 0.25) is 0 Å². The van der Waals surface area contributed by atoms with E-state index in [0.717, 1.165) is 69.9 Å². The molecule has 0 bridgehead atoms. The van der Waals surface area contributed by atoms with Crippen molar-refractivity contribution in [3.05, 3.63) is 11.6 Å². The highest BCUT2D eigenvalue weighted by Crippen LogP contribution is 2.61. The van der Waals surface area contributed by atoms with Gasteiger partial charge in [-0.2, -0.15) is 0 Å². The molecule has 8 N–H and O–H groups in total. The van der Waals surface area contributed by atoms with Crippen molar-refractivity contribution in [1.29, 1.82) is 0 Å². The number of esters is 1. The molecule has 10 heteroatoms. The third-order valence-electron chi connectivity index (χ3n) is 10.2. The third-order valence-corrected chi connectivity index (χ3v) is 10.2. The van der Waals surface area contributed by atoms with Crippen LogP contribution in [0.15, 0.2) is 11.6 Å². The molecular formula is C30H49N5O5+2. The number of guanidine groups is 1. The van der Waals surface area contributed by atoms with Crippen molar-refractivity contribution >= 4 is 23.5 Å². The lowest BCUT2D eigenvalue weighted by Crippen LogP contribution is -2.95. The summed E-state index contributed by atoms with van der Waals surface area (Å²) in [7, 11) is 1.78. The summed E-state index contributed by atoms with van der Waals surface area (Å²) in [5, 5.41) is 5.58. The van der Waals surface area contributed by atoms with Crippen LogP contribution in [0.4, 0.5) is 0 Å². The number of ether oxygens (including phenoxy) is 2. The fraction of sp³-hybridized carbons (Fsp3) is 0.800. The predicted octanol–water partition coefficient (Wildman–Crippen LogP) is -0.704. The fourth-order valence-corrected chi connectivity index (χ4v) is 7.85. The number of Topliss-reactive ketones (excluding diaryl/α,β-unsaturated/α-hetero) is 2. The van der Waals surface area contributed by atoms with E-state index in [9.17, 15) is 14.4 Å². The normalized spacial score (nSPS) is 37.8. The maximum Gasteiger partial charge on any atom is 0.350 e. The minimum absolute atomic E-state index is 0.0620. The summed E-state index contributed by atoms with van der Waals surface area (Å²) >= 11 is 0. The Morgan fingerprint density at radius 3 is 2.48 bits per heavy atom. The molecule has 5 rings (SSSR count). The second-order valence-electron chi connectivity index (χ2n) is 12.8. The first-order chi connectivity index (χ1) is 19.2. The molecular weight excluding hydrogens is 510 g/mol. The highest BCUT2D eigenvalue weighted by Gasteiger charge is 2.87. The average Bonchev–Trinajstić information content (AvgIpc) is 3.67. The number of ketones is 2. The van der Waals surface area contributed by atoms with Crippen LogP contribution in [0.2, 0.25) is 0 Å².